The molecule has 1 heterocycles. The zero-order chi connectivity index (χ0) is 19.0. The van der Waals surface area contributed by atoms with E-state index in [0.717, 1.165) is 40.9 Å². The topological polar surface area (TPSA) is 56.3 Å². The summed E-state index contributed by atoms with van der Waals surface area (Å²) < 4.78 is 0. The van der Waals surface area contributed by atoms with Crippen molar-refractivity contribution >= 4 is 34.2 Å². The molecule has 4 rings (SSSR count). The minimum Gasteiger partial charge on any atom is -0.545 e. The first-order chi connectivity index (χ1) is 13.0. The average Bonchev–Trinajstić information content (AvgIpc) is 2.66. The molecule has 0 aliphatic heterocycles. The van der Waals surface area contributed by atoms with Crippen LogP contribution in [0.4, 0.5) is 5.69 Å². The molecule has 0 unspecified atom stereocenters. The lowest BCUT2D eigenvalue weighted by Crippen LogP contribution is -2.26. The number of anilines is 1. The van der Waals surface area contributed by atoms with Gasteiger partial charge in [-0.15, -0.1) is 0 Å². The van der Waals surface area contributed by atoms with E-state index in [4.69, 9.17) is 4.98 Å². The smallest absolute Gasteiger partial charge is 0.0725 e. The van der Waals surface area contributed by atoms with Crippen molar-refractivity contribution in [3.05, 3.63) is 70.9 Å². The van der Waals surface area contributed by atoms with E-state index in [1.165, 1.54) is 0 Å². The second-order valence-electron chi connectivity index (χ2n) is 7.13. The summed E-state index contributed by atoms with van der Waals surface area (Å²) in [6.07, 6.45) is 4.64. The SMILES string of the molecule is CN(C)c1ccc(/C=C2\CCCc3c2nc2ccccc2c3C(=O)[O-])cc1. The van der Waals surface area contributed by atoms with Crippen LogP contribution in [0.1, 0.15) is 40.0 Å². The van der Waals surface area contributed by atoms with Crippen LogP contribution in [-0.4, -0.2) is 25.0 Å². The summed E-state index contributed by atoms with van der Waals surface area (Å²) >= 11 is 0. The maximum absolute atomic E-state index is 11.9. The molecule has 0 saturated carbocycles. The number of carbonyl (C=O) groups excluding carboxylic acids is 1. The van der Waals surface area contributed by atoms with E-state index in [2.05, 4.69) is 35.2 Å². The number of pyridine rings is 1. The van der Waals surface area contributed by atoms with E-state index in [0.29, 0.717) is 22.9 Å². The number of allylic oxidation sites excluding steroid dienone is 1. The third-order valence-electron chi connectivity index (χ3n) is 5.12. The van der Waals surface area contributed by atoms with Crippen molar-refractivity contribution in [3.8, 4) is 0 Å². The third-order valence-corrected chi connectivity index (χ3v) is 5.12. The summed E-state index contributed by atoms with van der Waals surface area (Å²) in [5.41, 5.74) is 5.92. The average molecular weight is 357 g/mol. The van der Waals surface area contributed by atoms with Gasteiger partial charge >= 0.3 is 0 Å². The number of hydrogen-bond donors (Lipinski definition) is 0. The highest BCUT2D eigenvalue weighted by Gasteiger charge is 2.22. The number of carboxylic acid groups (broad SMARTS) is 1. The molecule has 3 aromatic rings. The van der Waals surface area contributed by atoms with Crippen LogP contribution in [0.25, 0.3) is 22.6 Å². The highest BCUT2D eigenvalue weighted by Crippen LogP contribution is 2.36. The number of aromatic nitrogens is 1. The van der Waals surface area contributed by atoms with Crippen molar-refractivity contribution in [2.24, 2.45) is 0 Å². The van der Waals surface area contributed by atoms with Gasteiger partial charge in [0.1, 0.15) is 0 Å². The molecule has 136 valence electrons. The highest BCUT2D eigenvalue weighted by molar-refractivity contribution is 6.05. The Kier molecular flexibility index (Phi) is 4.40. The normalized spacial score (nSPS) is 15.0. The van der Waals surface area contributed by atoms with Crippen LogP contribution in [0, 0.1) is 0 Å². The van der Waals surface area contributed by atoms with Crippen LogP contribution in [0.2, 0.25) is 0 Å². The number of benzene rings is 2. The van der Waals surface area contributed by atoms with Crippen molar-refractivity contribution in [2.45, 2.75) is 19.3 Å². The maximum Gasteiger partial charge on any atom is 0.0725 e. The van der Waals surface area contributed by atoms with Gasteiger partial charge < -0.3 is 14.8 Å². The minimum atomic E-state index is -1.12. The molecular formula is C23H21N2O2-. The van der Waals surface area contributed by atoms with Gasteiger partial charge in [-0.2, -0.15) is 0 Å². The summed E-state index contributed by atoms with van der Waals surface area (Å²) in [6, 6.07) is 15.7. The molecule has 0 spiro atoms. The Hall–Kier alpha value is -3.14. The Labute approximate surface area is 158 Å². The lowest BCUT2D eigenvalue weighted by atomic mass is 9.86. The van der Waals surface area contributed by atoms with Gasteiger partial charge in [-0.25, -0.2) is 4.98 Å². The number of aromatic carboxylic acids is 1. The molecule has 1 aromatic heterocycles. The van der Waals surface area contributed by atoms with Gasteiger partial charge in [-0.3, -0.25) is 0 Å². The number of rotatable bonds is 3. The second kappa shape index (κ2) is 6.88. The van der Waals surface area contributed by atoms with Crippen LogP contribution in [0.5, 0.6) is 0 Å². The van der Waals surface area contributed by atoms with Crippen LogP contribution >= 0.6 is 0 Å². The first-order valence-electron chi connectivity index (χ1n) is 9.16. The fourth-order valence-electron chi connectivity index (χ4n) is 3.78. The van der Waals surface area contributed by atoms with Crippen molar-refractivity contribution in [1.29, 1.82) is 0 Å². The predicted octanol–water partition coefficient (Wildman–Crippen LogP) is 3.54. The van der Waals surface area contributed by atoms with Crippen molar-refractivity contribution < 1.29 is 9.90 Å². The Bertz CT molecular complexity index is 1050. The van der Waals surface area contributed by atoms with Crippen LogP contribution in [0.15, 0.2) is 48.5 Å². The molecule has 4 nitrogen and oxygen atoms in total. The molecule has 0 radical (unpaired) electrons. The number of nitrogens with zero attached hydrogens (tertiary/aromatic N) is 2. The molecule has 0 saturated heterocycles. The molecule has 0 bridgehead atoms. The highest BCUT2D eigenvalue weighted by atomic mass is 16.4. The van der Waals surface area contributed by atoms with Crippen LogP contribution in [-0.2, 0) is 6.42 Å². The van der Waals surface area contributed by atoms with Crippen molar-refractivity contribution in [1.82, 2.24) is 4.98 Å². The molecule has 27 heavy (non-hydrogen) atoms. The monoisotopic (exact) mass is 357 g/mol. The first-order valence-corrected chi connectivity index (χ1v) is 9.16. The first kappa shape index (κ1) is 17.3. The Morgan fingerprint density at radius 1 is 1.07 bits per heavy atom. The molecule has 0 fully saturated rings. The molecule has 1 aliphatic rings. The van der Waals surface area contributed by atoms with Crippen LogP contribution < -0.4 is 10.0 Å². The third kappa shape index (κ3) is 3.19. The minimum absolute atomic E-state index is 0.296. The number of carbonyl (C=O) groups is 1. The summed E-state index contributed by atoms with van der Waals surface area (Å²) in [5, 5.41) is 12.6. The fourth-order valence-corrected chi connectivity index (χ4v) is 3.78. The summed E-state index contributed by atoms with van der Waals surface area (Å²) in [7, 11) is 4.03. The standard InChI is InChI=1S/C23H22N2O2/c1-25(2)17-12-10-15(11-13-17)14-16-6-5-8-19-21(23(26)27)18-7-3-4-9-20(18)24-22(16)19/h3-4,7,9-14H,5-6,8H2,1-2H3,(H,26,27)/p-1/b16-14+. The predicted molar refractivity (Wildman–Crippen MR) is 108 cm³/mol. The van der Waals surface area contributed by atoms with Gasteiger partial charge in [0.05, 0.1) is 17.2 Å². The zero-order valence-electron chi connectivity index (χ0n) is 15.5. The van der Waals surface area contributed by atoms with E-state index in [-0.39, 0.29) is 0 Å². The van der Waals surface area contributed by atoms with Gasteiger partial charge in [-0.1, -0.05) is 30.3 Å². The molecule has 2 aromatic carbocycles. The zero-order valence-corrected chi connectivity index (χ0v) is 15.5. The second-order valence-corrected chi connectivity index (χ2v) is 7.13. The van der Waals surface area contributed by atoms with Crippen LogP contribution in [0.3, 0.4) is 0 Å². The van der Waals surface area contributed by atoms with Gasteiger partial charge in [-0.05, 0) is 60.2 Å². The Morgan fingerprint density at radius 2 is 1.81 bits per heavy atom. The van der Waals surface area contributed by atoms with E-state index < -0.39 is 5.97 Å². The number of hydrogen-bond acceptors (Lipinski definition) is 4. The van der Waals surface area contributed by atoms with Gasteiger partial charge in [0.15, 0.2) is 0 Å². The summed E-state index contributed by atoms with van der Waals surface area (Å²) in [4.78, 5) is 18.8. The van der Waals surface area contributed by atoms with E-state index in [9.17, 15) is 9.90 Å². The summed E-state index contributed by atoms with van der Waals surface area (Å²) in [5.74, 6) is -1.12. The maximum atomic E-state index is 11.9. The molecule has 4 heteroatoms. The lowest BCUT2D eigenvalue weighted by molar-refractivity contribution is -0.254. The Balaban J connectivity index is 1.87. The van der Waals surface area contributed by atoms with Crippen molar-refractivity contribution in [2.75, 3.05) is 19.0 Å². The molecular weight excluding hydrogens is 336 g/mol. The molecule has 0 amide bonds. The van der Waals surface area contributed by atoms with Crippen molar-refractivity contribution in [3.63, 3.8) is 0 Å². The van der Waals surface area contributed by atoms with Gasteiger partial charge in [0, 0.05) is 30.7 Å². The van der Waals surface area contributed by atoms with Gasteiger partial charge in [0.25, 0.3) is 0 Å². The fraction of sp³-hybridized carbons (Fsp3) is 0.217. The molecule has 0 N–H and O–H groups in total. The largest absolute Gasteiger partial charge is 0.545 e. The van der Waals surface area contributed by atoms with E-state index in [1.807, 2.05) is 38.4 Å². The Morgan fingerprint density at radius 3 is 2.52 bits per heavy atom. The number of carboxylic acids is 1. The number of para-hydroxylation sites is 1. The lowest BCUT2D eigenvalue weighted by Gasteiger charge is -2.23. The quantitative estimate of drug-likeness (QED) is 0.719. The van der Waals surface area contributed by atoms with E-state index in [1.54, 1.807) is 0 Å². The molecule has 1 aliphatic carbocycles. The summed E-state index contributed by atoms with van der Waals surface area (Å²) in [6.45, 7) is 0. The van der Waals surface area contributed by atoms with E-state index >= 15 is 0 Å². The number of fused-ring (bicyclic) bond motifs is 2. The molecule has 0 atom stereocenters. The van der Waals surface area contributed by atoms with Gasteiger partial charge in [0.2, 0.25) is 0 Å².